The number of piperidine rings is 1. The van der Waals surface area contributed by atoms with Crippen molar-refractivity contribution in [1.29, 1.82) is 0 Å². The van der Waals surface area contributed by atoms with Crippen LogP contribution in [0.2, 0.25) is 0 Å². The van der Waals surface area contributed by atoms with Crippen LogP contribution in [0.4, 0.5) is 10.6 Å². The summed E-state index contributed by atoms with van der Waals surface area (Å²) < 4.78 is 1.51. The van der Waals surface area contributed by atoms with E-state index in [0.29, 0.717) is 18.5 Å². The number of hydrogen-bond acceptors (Lipinski definition) is 6. The number of carbonyl (C=O) groups excluding carboxylic acids is 1. The second-order valence-electron chi connectivity index (χ2n) is 9.70. The SMILES string of the molecule is Cc1cc(-n2ccc(NC(=O)N3CCNCC3)nc2=O)ccc1CCN1CC2CC2(CN)C1. The maximum atomic E-state index is 12.6. The molecule has 0 bridgehead atoms. The number of amides is 2. The Morgan fingerprint density at radius 3 is 2.82 bits per heavy atom. The zero-order chi connectivity index (χ0) is 23.0. The molecule has 2 saturated heterocycles. The van der Waals surface area contributed by atoms with E-state index >= 15 is 0 Å². The van der Waals surface area contributed by atoms with Crippen molar-refractivity contribution >= 4 is 11.8 Å². The molecule has 1 aromatic heterocycles. The van der Waals surface area contributed by atoms with Crippen LogP contribution in [0.1, 0.15) is 17.5 Å². The van der Waals surface area contributed by atoms with Gasteiger partial charge in [0.05, 0.1) is 5.69 Å². The molecular weight excluding hydrogens is 418 g/mol. The first-order chi connectivity index (χ1) is 16.0. The smallest absolute Gasteiger partial charge is 0.330 e. The molecule has 0 spiro atoms. The number of piperazine rings is 1. The Kier molecular flexibility index (Phi) is 5.94. The number of likely N-dealkylation sites (tertiary alicyclic amines) is 1. The van der Waals surface area contributed by atoms with Crippen LogP contribution in [0.15, 0.2) is 35.3 Å². The lowest BCUT2D eigenvalue weighted by atomic mass is 10.0. The molecule has 9 nitrogen and oxygen atoms in total. The second-order valence-corrected chi connectivity index (χ2v) is 9.70. The summed E-state index contributed by atoms with van der Waals surface area (Å²) in [6.45, 7) is 9.06. The van der Waals surface area contributed by atoms with Gasteiger partial charge in [-0.2, -0.15) is 4.98 Å². The van der Waals surface area contributed by atoms with Crippen LogP contribution in [0.25, 0.3) is 5.69 Å². The minimum absolute atomic E-state index is 0.228. The highest BCUT2D eigenvalue weighted by atomic mass is 16.2. The molecular formula is C24H33N7O2. The lowest BCUT2D eigenvalue weighted by Gasteiger charge is -2.27. The number of fused-ring (bicyclic) bond motifs is 1. The van der Waals surface area contributed by atoms with Gasteiger partial charge in [0.1, 0.15) is 5.82 Å². The summed E-state index contributed by atoms with van der Waals surface area (Å²) in [5, 5.41) is 5.94. The molecule has 2 amide bonds. The monoisotopic (exact) mass is 451 g/mol. The van der Waals surface area contributed by atoms with Crippen LogP contribution in [-0.4, -0.2) is 77.7 Å². The van der Waals surface area contributed by atoms with Gasteiger partial charge >= 0.3 is 11.7 Å². The lowest BCUT2D eigenvalue weighted by molar-refractivity contribution is 0.204. The number of anilines is 1. The third kappa shape index (κ3) is 4.53. The number of benzene rings is 1. The summed E-state index contributed by atoms with van der Waals surface area (Å²) in [5.41, 5.74) is 9.19. The van der Waals surface area contributed by atoms with E-state index in [1.54, 1.807) is 17.2 Å². The van der Waals surface area contributed by atoms with Crippen molar-refractivity contribution < 1.29 is 4.79 Å². The van der Waals surface area contributed by atoms with Crippen LogP contribution in [0.3, 0.4) is 0 Å². The number of urea groups is 1. The normalized spacial score (nSPS) is 24.5. The Morgan fingerprint density at radius 1 is 1.30 bits per heavy atom. The highest BCUT2D eigenvalue weighted by molar-refractivity contribution is 5.88. The maximum absolute atomic E-state index is 12.6. The molecule has 2 atom stereocenters. The fourth-order valence-corrected chi connectivity index (χ4v) is 5.30. The average molecular weight is 452 g/mol. The van der Waals surface area contributed by atoms with E-state index in [4.69, 9.17) is 5.73 Å². The first-order valence-corrected chi connectivity index (χ1v) is 11.9. The minimum atomic E-state index is -0.413. The summed E-state index contributed by atoms with van der Waals surface area (Å²) in [7, 11) is 0. The van der Waals surface area contributed by atoms with Crippen LogP contribution < -0.4 is 22.1 Å². The van der Waals surface area contributed by atoms with Gasteiger partial charge in [-0.1, -0.05) is 6.07 Å². The van der Waals surface area contributed by atoms with Crippen molar-refractivity contribution in [3.8, 4) is 5.69 Å². The molecule has 33 heavy (non-hydrogen) atoms. The Bertz CT molecular complexity index is 1090. The number of aryl methyl sites for hydroxylation is 1. The zero-order valence-electron chi connectivity index (χ0n) is 19.2. The molecule has 5 rings (SSSR count). The Labute approximate surface area is 194 Å². The van der Waals surface area contributed by atoms with E-state index in [2.05, 4.69) is 33.5 Å². The molecule has 1 aromatic carbocycles. The fourth-order valence-electron chi connectivity index (χ4n) is 5.30. The van der Waals surface area contributed by atoms with Crippen LogP contribution >= 0.6 is 0 Å². The third-order valence-electron chi connectivity index (χ3n) is 7.53. The standard InChI is InChI=1S/C24H33N7O2/c1-17-12-20(3-2-18(17)4-8-29-14-19-13-24(19,15-25)16-29)31-9-5-21(28-23(31)33)27-22(32)30-10-6-26-7-11-30/h2-3,5,9,12,19,26H,4,6-8,10-11,13-16,25H2,1H3,(H,27,28,32,33). The van der Waals surface area contributed by atoms with Crippen molar-refractivity contribution in [2.24, 2.45) is 17.1 Å². The topological polar surface area (TPSA) is 109 Å². The van der Waals surface area contributed by atoms with Crippen molar-refractivity contribution in [2.75, 3.05) is 57.7 Å². The van der Waals surface area contributed by atoms with Crippen molar-refractivity contribution in [1.82, 2.24) is 24.7 Å². The maximum Gasteiger partial charge on any atom is 0.354 e. The van der Waals surface area contributed by atoms with Gasteiger partial charge in [0, 0.05) is 52.0 Å². The fraction of sp³-hybridized carbons (Fsp3) is 0.542. The molecule has 9 heteroatoms. The molecule has 3 fully saturated rings. The van der Waals surface area contributed by atoms with Gasteiger partial charge in [-0.05, 0) is 67.0 Å². The van der Waals surface area contributed by atoms with Gasteiger partial charge in [0.25, 0.3) is 0 Å². The number of carbonyl (C=O) groups is 1. The molecule has 3 aliphatic rings. The van der Waals surface area contributed by atoms with Crippen LogP contribution in [-0.2, 0) is 6.42 Å². The molecule has 0 radical (unpaired) electrons. The number of nitrogens with two attached hydrogens (primary N) is 1. The Morgan fingerprint density at radius 2 is 2.12 bits per heavy atom. The van der Waals surface area contributed by atoms with E-state index in [1.807, 2.05) is 12.1 Å². The summed E-state index contributed by atoms with van der Waals surface area (Å²) in [4.78, 5) is 33.3. The van der Waals surface area contributed by atoms with Gasteiger partial charge in [0.15, 0.2) is 0 Å². The van der Waals surface area contributed by atoms with Gasteiger partial charge in [-0.25, -0.2) is 9.59 Å². The molecule has 1 aliphatic carbocycles. The predicted octanol–water partition coefficient (Wildman–Crippen LogP) is 0.801. The highest BCUT2D eigenvalue weighted by Crippen LogP contribution is 2.56. The molecule has 176 valence electrons. The van der Waals surface area contributed by atoms with Gasteiger partial charge in [-0.15, -0.1) is 0 Å². The summed E-state index contributed by atoms with van der Waals surface area (Å²) in [6, 6.07) is 7.53. The van der Waals surface area contributed by atoms with Gasteiger partial charge in [-0.3, -0.25) is 9.88 Å². The predicted molar refractivity (Wildman–Crippen MR) is 128 cm³/mol. The Hall–Kier alpha value is -2.75. The van der Waals surface area contributed by atoms with Crippen molar-refractivity contribution in [3.05, 3.63) is 52.1 Å². The zero-order valence-corrected chi connectivity index (χ0v) is 19.2. The molecule has 2 aliphatic heterocycles. The quantitative estimate of drug-likeness (QED) is 0.600. The largest absolute Gasteiger partial charge is 0.354 e. The molecule has 2 aromatic rings. The van der Waals surface area contributed by atoms with Gasteiger partial charge < -0.3 is 20.9 Å². The lowest BCUT2D eigenvalue weighted by Crippen LogP contribution is -2.48. The molecule has 1 saturated carbocycles. The number of nitrogens with zero attached hydrogens (tertiary/aromatic N) is 4. The van der Waals surface area contributed by atoms with E-state index < -0.39 is 5.69 Å². The molecule has 3 heterocycles. The van der Waals surface area contributed by atoms with Crippen LogP contribution in [0.5, 0.6) is 0 Å². The first-order valence-electron chi connectivity index (χ1n) is 11.9. The van der Waals surface area contributed by atoms with E-state index in [-0.39, 0.29) is 11.8 Å². The average Bonchev–Trinajstić information content (AvgIpc) is 3.39. The second kappa shape index (κ2) is 8.89. The summed E-state index contributed by atoms with van der Waals surface area (Å²) in [6.07, 6.45) is 3.96. The minimum Gasteiger partial charge on any atom is -0.330 e. The summed E-state index contributed by atoms with van der Waals surface area (Å²) in [5.74, 6) is 1.07. The van der Waals surface area contributed by atoms with E-state index in [9.17, 15) is 9.59 Å². The van der Waals surface area contributed by atoms with E-state index in [1.165, 1.54) is 23.1 Å². The van der Waals surface area contributed by atoms with Crippen molar-refractivity contribution in [2.45, 2.75) is 19.8 Å². The number of rotatable bonds is 6. The number of nitrogens with one attached hydrogen (secondary N) is 2. The first kappa shape index (κ1) is 22.1. The third-order valence-corrected chi connectivity index (χ3v) is 7.53. The van der Waals surface area contributed by atoms with E-state index in [0.717, 1.165) is 56.3 Å². The Balaban J connectivity index is 1.21. The molecule has 2 unspecified atom stereocenters. The highest BCUT2D eigenvalue weighted by Gasteiger charge is 2.58. The van der Waals surface area contributed by atoms with Crippen LogP contribution in [0, 0.1) is 18.3 Å². The number of hydrogen-bond donors (Lipinski definition) is 3. The molecule has 4 N–H and O–H groups in total. The van der Waals surface area contributed by atoms with Crippen molar-refractivity contribution in [3.63, 3.8) is 0 Å². The summed E-state index contributed by atoms with van der Waals surface area (Å²) >= 11 is 0. The van der Waals surface area contributed by atoms with Gasteiger partial charge in [0.2, 0.25) is 0 Å². The number of aromatic nitrogens is 2.